The van der Waals surface area contributed by atoms with Crippen LogP contribution in [0.15, 0.2) is 23.0 Å². The van der Waals surface area contributed by atoms with E-state index in [1.165, 1.54) is 23.1 Å². The maximum absolute atomic E-state index is 13.6. The highest BCUT2D eigenvalue weighted by atomic mass is 35.5. The van der Waals surface area contributed by atoms with Gasteiger partial charge in [-0.3, -0.25) is 14.4 Å². The number of hydrogen-bond acceptors (Lipinski definition) is 5. The number of halogens is 2. The molecule has 4 heterocycles. The molecule has 0 spiro atoms. The summed E-state index contributed by atoms with van der Waals surface area (Å²) in [6.07, 6.45) is 1.17. The maximum atomic E-state index is 13.6. The number of nitrogens with zero attached hydrogens (tertiary/aromatic N) is 5. The molecular formula is C22H21ClFN5O4. The predicted octanol–water partition coefficient (Wildman–Crippen LogP) is 1.95. The van der Waals surface area contributed by atoms with Gasteiger partial charge in [-0.05, 0) is 24.1 Å². The lowest BCUT2D eigenvalue weighted by Gasteiger charge is -2.25. The summed E-state index contributed by atoms with van der Waals surface area (Å²) in [6.45, 7) is 1.48. The van der Waals surface area contributed by atoms with Crippen LogP contribution in [0.4, 0.5) is 4.39 Å². The Morgan fingerprint density at radius 1 is 1.15 bits per heavy atom. The van der Waals surface area contributed by atoms with Gasteiger partial charge in [-0.1, -0.05) is 17.7 Å². The van der Waals surface area contributed by atoms with Gasteiger partial charge in [0.1, 0.15) is 16.9 Å². The van der Waals surface area contributed by atoms with E-state index in [9.17, 15) is 23.9 Å². The van der Waals surface area contributed by atoms with Crippen molar-refractivity contribution in [1.29, 1.82) is 0 Å². The van der Waals surface area contributed by atoms with E-state index in [2.05, 4.69) is 5.10 Å². The van der Waals surface area contributed by atoms with Crippen molar-refractivity contribution in [2.45, 2.75) is 32.5 Å². The van der Waals surface area contributed by atoms with Crippen molar-refractivity contribution < 1.29 is 19.1 Å². The lowest BCUT2D eigenvalue weighted by molar-refractivity contribution is -0.128. The van der Waals surface area contributed by atoms with Crippen LogP contribution in [0.1, 0.15) is 34.6 Å². The molecule has 33 heavy (non-hydrogen) atoms. The molecule has 0 saturated carbocycles. The van der Waals surface area contributed by atoms with Gasteiger partial charge in [0.15, 0.2) is 11.4 Å². The number of aromatic hydroxyl groups is 1. The number of rotatable bonds is 4. The highest BCUT2D eigenvalue weighted by Gasteiger charge is 2.33. The van der Waals surface area contributed by atoms with Crippen LogP contribution in [0.5, 0.6) is 5.75 Å². The van der Waals surface area contributed by atoms with E-state index in [0.29, 0.717) is 42.8 Å². The predicted molar refractivity (Wildman–Crippen MR) is 118 cm³/mol. The van der Waals surface area contributed by atoms with Crippen molar-refractivity contribution >= 4 is 34.3 Å². The Bertz CT molecular complexity index is 1380. The zero-order chi connectivity index (χ0) is 23.4. The summed E-state index contributed by atoms with van der Waals surface area (Å²) in [4.78, 5) is 41.6. The summed E-state index contributed by atoms with van der Waals surface area (Å²) >= 11 is 5.89. The van der Waals surface area contributed by atoms with Gasteiger partial charge in [-0.15, -0.1) is 0 Å². The highest BCUT2D eigenvalue weighted by molar-refractivity contribution is 6.30. The number of fused-ring (bicyclic) bond motifs is 3. The van der Waals surface area contributed by atoms with Crippen molar-refractivity contribution in [3.05, 3.63) is 56.3 Å². The first-order valence-corrected chi connectivity index (χ1v) is 11.0. The quantitative estimate of drug-likeness (QED) is 0.624. The number of carbonyl (C=O) groups excluding carboxylic acids is 2. The smallest absolute Gasteiger partial charge is 0.280 e. The molecule has 3 aromatic rings. The molecule has 2 aliphatic rings. The van der Waals surface area contributed by atoms with Crippen molar-refractivity contribution in [1.82, 2.24) is 24.1 Å². The summed E-state index contributed by atoms with van der Waals surface area (Å²) in [6, 6.07) is 4.10. The van der Waals surface area contributed by atoms with Gasteiger partial charge in [-0.2, -0.15) is 5.10 Å². The van der Waals surface area contributed by atoms with Gasteiger partial charge >= 0.3 is 0 Å². The first-order valence-electron chi connectivity index (χ1n) is 10.6. The summed E-state index contributed by atoms with van der Waals surface area (Å²) in [5.74, 6) is -1.38. The Morgan fingerprint density at radius 3 is 2.64 bits per heavy atom. The molecule has 5 rings (SSSR count). The number of benzene rings is 1. The molecule has 2 aromatic heterocycles. The second-order valence-corrected chi connectivity index (χ2v) is 8.78. The third kappa shape index (κ3) is 3.45. The van der Waals surface area contributed by atoms with Crippen LogP contribution in [0.2, 0.25) is 5.02 Å². The summed E-state index contributed by atoms with van der Waals surface area (Å²) in [5.41, 5.74) is 0.762. The van der Waals surface area contributed by atoms with Gasteiger partial charge in [0.05, 0.1) is 23.6 Å². The molecule has 1 saturated heterocycles. The van der Waals surface area contributed by atoms with Crippen LogP contribution in [0.25, 0.3) is 10.9 Å². The third-order valence-corrected chi connectivity index (χ3v) is 6.53. The molecule has 11 heteroatoms. The second kappa shape index (κ2) is 7.87. The number of hydrogen-bond donors (Lipinski definition) is 1. The van der Waals surface area contributed by atoms with Gasteiger partial charge in [0.25, 0.3) is 11.5 Å². The molecule has 0 aliphatic carbocycles. The molecule has 0 unspecified atom stereocenters. The van der Waals surface area contributed by atoms with Crippen LogP contribution < -0.4 is 5.56 Å². The molecule has 9 nitrogen and oxygen atoms in total. The zero-order valence-electron chi connectivity index (χ0n) is 17.8. The maximum Gasteiger partial charge on any atom is 0.280 e. The Balaban J connectivity index is 1.71. The lowest BCUT2D eigenvalue weighted by Crippen LogP contribution is -2.37. The summed E-state index contributed by atoms with van der Waals surface area (Å²) < 4.78 is 16.4. The average molecular weight is 474 g/mol. The van der Waals surface area contributed by atoms with Crippen LogP contribution in [-0.4, -0.2) is 61.2 Å². The van der Waals surface area contributed by atoms with Gasteiger partial charge < -0.3 is 19.5 Å². The topological polar surface area (TPSA) is 101 Å². The number of amides is 2. The van der Waals surface area contributed by atoms with Crippen LogP contribution in [0.3, 0.4) is 0 Å². The average Bonchev–Trinajstić information content (AvgIpc) is 3.32. The Labute approximate surface area is 192 Å². The number of likely N-dealkylation sites (N-methyl/N-ethyl adjacent to an activating group) is 1. The van der Waals surface area contributed by atoms with E-state index < -0.39 is 23.0 Å². The normalized spacial score (nSPS) is 16.2. The van der Waals surface area contributed by atoms with Gasteiger partial charge in [0.2, 0.25) is 5.91 Å². The summed E-state index contributed by atoms with van der Waals surface area (Å²) in [7, 11) is 1.63. The lowest BCUT2D eigenvalue weighted by atomic mass is 10.2. The van der Waals surface area contributed by atoms with Gasteiger partial charge in [-0.25, -0.2) is 9.07 Å². The Hall–Kier alpha value is -3.40. The SMILES string of the molecule is CN1CCn2c(c(O)c3c(=O)n(Cc4ccc(F)c(Cl)c4)nc(CN4CCCC4=O)c32)C1=O. The number of likely N-dealkylation sites (tertiary alicyclic amines) is 1. The fraction of sp³-hybridized carbons (Fsp3) is 0.364. The minimum atomic E-state index is -0.586. The van der Waals surface area contributed by atoms with Crippen molar-refractivity contribution in [2.24, 2.45) is 0 Å². The molecule has 0 atom stereocenters. The van der Waals surface area contributed by atoms with Crippen LogP contribution in [-0.2, 0) is 24.4 Å². The fourth-order valence-corrected chi connectivity index (χ4v) is 4.73. The molecule has 0 bridgehead atoms. The number of aromatic nitrogens is 3. The molecule has 172 valence electrons. The van der Waals surface area contributed by atoms with E-state index in [0.717, 1.165) is 11.1 Å². The van der Waals surface area contributed by atoms with Crippen molar-refractivity contribution in [3.8, 4) is 5.75 Å². The van der Waals surface area contributed by atoms with E-state index in [1.807, 2.05) is 0 Å². The van der Waals surface area contributed by atoms with Crippen LogP contribution >= 0.6 is 11.6 Å². The number of carbonyl (C=O) groups is 2. The minimum Gasteiger partial charge on any atom is -0.505 e. The van der Waals surface area contributed by atoms with E-state index in [4.69, 9.17) is 11.6 Å². The molecule has 2 amide bonds. The first kappa shape index (κ1) is 21.4. The Kier molecular flexibility index (Phi) is 5.12. The first-order chi connectivity index (χ1) is 15.8. The molecule has 1 N–H and O–H groups in total. The Morgan fingerprint density at radius 2 is 1.94 bits per heavy atom. The monoisotopic (exact) mass is 473 g/mol. The fourth-order valence-electron chi connectivity index (χ4n) is 4.52. The van der Waals surface area contributed by atoms with Gasteiger partial charge in [0, 0.05) is 33.1 Å². The minimum absolute atomic E-state index is 0.0153. The summed E-state index contributed by atoms with van der Waals surface area (Å²) in [5, 5.41) is 15.4. The largest absolute Gasteiger partial charge is 0.505 e. The third-order valence-electron chi connectivity index (χ3n) is 6.24. The standard InChI is InChI=1S/C22H21ClFN5O4/c1-26-7-8-28-18-15(11-27-6-2-3-16(27)30)25-29(10-12-4-5-14(24)13(23)9-12)21(32)17(18)20(31)19(28)22(26)33/h4-5,9,31H,2-3,6-8,10-11H2,1H3. The van der Waals surface area contributed by atoms with Crippen LogP contribution in [0, 0.1) is 5.82 Å². The van der Waals surface area contributed by atoms with E-state index >= 15 is 0 Å². The second-order valence-electron chi connectivity index (χ2n) is 8.38. The van der Waals surface area contributed by atoms with Crippen molar-refractivity contribution in [3.63, 3.8) is 0 Å². The molecular weight excluding hydrogens is 453 g/mol. The van der Waals surface area contributed by atoms with E-state index in [-0.39, 0.29) is 35.1 Å². The van der Waals surface area contributed by atoms with Crippen molar-refractivity contribution in [2.75, 3.05) is 20.1 Å². The zero-order valence-corrected chi connectivity index (χ0v) is 18.6. The molecule has 1 aromatic carbocycles. The highest BCUT2D eigenvalue weighted by Crippen LogP contribution is 2.34. The molecule has 2 aliphatic heterocycles. The van der Waals surface area contributed by atoms with E-state index in [1.54, 1.807) is 16.5 Å². The molecule has 0 radical (unpaired) electrons. The molecule has 1 fully saturated rings.